The highest BCUT2D eigenvalue weighted by Crippen LogP contribution is 2.45. The molecule has 4 aromatic rings. The van der Waals surface area contributed by atoms with E-state index in [0.29, 0.717) is 37.8 Å². The van der Waals surface area contributed by atoms with Crippen LogP contribution in [0.15, 0.2) is 65.8 Å². The van der Waals surface area contributed by atoms with Gasteiger partial charge in [-0.1, -0.05) is 57.2 Å². The summed E-state index contributed by atoms with van der Waals surface area (Å²) in [6.45, 7) is 9.59. The molecule has 2 aromatic heterocycles. The lowest BCUT2D eigenvalue weighted by Gasteiger charge is -2.33. The van der Waals surface area contributed by atoms with E-state index in [1.165, 1.54) is 4.88 Å². The van der Waals surface area contributed by atoms with Crippen LogP contribution < -0.4 is 5.32 Å². The predicted octanol–water partition coefficient (Wildman–Crippen LogP) is 6.72. The summed E-state index contributed by atoms with van der Waals surface area (Å²) < 4.78 is 7.42. The Labute approximate surface area is 251 Å². The van der Waals surface area contributed by atoms with Gasteiger partial charge >= 0.3 is 0 Å². The van der Waals surface area contributed by atoms with Gasteiger partial charge in [0, 0.05) is 52.5 Å². The van der Waals surface area contributed by atoms with Crippen molar-refractivity contribution in [2.75, 3.05) is 31.6 Å². The SMILES string of the molecule is CC(C)(C)[C@@H]1CCc2c(sc(N=Cc3cn(CC(=O)N4CCOCC4)c4ccccc34)c2C(=O)Nc2ccccc2)C1. The number of amides is 2. The quantitative estimate of drug-likeness (QED) is 0.257. The monoisotopic (exact) mass is 582 g/mol. The van der Waals surface area contributed by atoms with Gasteiger partial charge in [0.2, 0.25) is 5.91 Å². The zero-order chi connectivity index (χ0) is 29.3. The van der Waals surface area contributed by atoms with Crippen LogP contribution in [-0.2, 0) is 28.9 Å². The van der Waals surface area contributed by atoms with Gasteiger partial charge in [-0.3, -0.25) is 9.59 Å². The number of para-hydroxylation sites is 2. The fraction of sp³-hybridized carbons (Fsp3) is 0.382. The van der Waals surface area contributed by atoms with E-state index in [4.69, 9.17) is 9.73 Å². The van der Waals surface area contributed by atoms with Crippen molar-refractivity contribution in [3.8, 4) is 0 Å². The highest BCUT2D eigenvalue weighted by molar-refractivity contribution is 7.16. The van der Waals surface area contributed by atoms with E-state index in [0.717, 1.165) is 52.0 Å². The highest BCUT2D eigenvalue weighted by Gasteiger charge is 2.33. The Balaban J connectivity index is 1.34. The summed E-state index contributed by atoms with van der Waals surface area (Å²) in [4.78, 5) is 34.9. The number of hydrogen-bond acceptors (Lipinski definition) is 5. The van der Waals surface area contributed by atoms with Crippen LogP contribution in [0.2, 0.25) is 0 Å². The number of ether oxygens (including phenoxy) is 1. The number of anilines is 1. The van der Waals surface area contributed by atoms with Crippen LogP contribution in [0.25, 0.3) is 10.9 Å². The van der Waals surface area contributed by atoms with E-state index in [1.807, 2.05) is 70.4 Å². The Kier molecular flexibility index (Phi) is 8.01. The smallest absolute Gasteiger partial charge is 0.259 e. The molecule has 2 amide bonds. The molecule has 1 fully saturated rings. The van der Waals surface area contributed by atoms with E-state index in [2.05, 4.69) is 32.2 Å². The Morgan fingerprint density at radius 2 is 1.81 bits per heavy atom. The number of carbonyl (C=O) groups excluding carboxylic acids is 2. The zero-order valence-corrected chi connectivity index (χ0v) is 25.4. The second-order valence-electron chi connectivity index (χ2n) is 12.3. The molecule has 0 bridgehead atoms. The fourth-order valence-corrected chi connectivity index (χ4v) is 7.31. The van der Waals surface area contributed by atoms with Crippen LogP contribution in [0.1, 0.15) is 53.6 Å². The maximum atomic E-state index is 13.7. The molecule has 3 heterocycles. The molecule has 218 valence electrons. The summed E-state index contributed by atoms with van der Waals surface area (Å²) in [5, 5.41) is 4.87. The number of fused-ring (bicyclic) bond motifs is 2. The first-order valence-corrected chi connectivity index (χ1v) is 15.6. The predicted molar refractivity (Wildman–Crippen MR) is 170 cm³/mol. The average Bonchev–Trinajstić information content (AvgIpc) is 3.54. The van der Waals surface area contributed by atoms with Crippen LogP contribution in [0.3, 0.4) is 0 Å². The van der Waals surface area contributed by atoms with Gasteiger partial charge in [-0.25, -0.2) is 4.99 Å². The number of morpholine rings is 1. The van der Waals surface area contributed by atoms with Crippen LogP contribution in [0, 0.1) is 11.3 Å². The lowest BCUT2D eigenvalue weighted by molar-refractivity contribution is -0.135. The number of thiophene rings is 1. The maximum absolute atomic E-state index is 13.7. The number of benzene rings is 2. The molecule has 0 saturated carbocycles. The number of aromatic nitrogens is 1. The average molecular weight is 583 g/mol. The third-order valence-corrected chi connectivity index (χ3v) is 9.70. The van der Waals surface area contributed by atoms with Crippen LogP contribution >= 0.6 is 11.3 Å². The molecular weight excluding hydrogens is 544 g/mol. The molecule has 1 aliphatic carbocycles. The molecule has 0 radical (unpaired) electrons. The van der Waals surface area contributed by atoms with Gasteiger partial charge in [0.05, 0.1) is 18.8 Å². The summed E-state index contributed by atoms with van der Waals surface area (Å²) in [5.41, 5.74) is 4.72. The zero-order valence-electron chi connectivity index (χ0n) is 24.6. The summed E-state index contributed by atoms with van der Waals surface area (Å²) >= 11 is 1.64. The first-order valence-electron chi connectivity index (χ1n) is 14.8. The summed E-state index contributed by atoms with van der Waals surface area (Å²) in [7, 11) is 0. The number of aliphatic imine (C=N–C) groups is 1. The molecule has 1 N–H and O–H groups in total. The van der Waals surface area contributed by atoms with Crippen molar-refractivity contribution in [3.63, 3.8) is 0 Å². The molecule has 8 heteroatoms. The third kappa shape index (κ3) is 5.92. The first-order chi connectivity index (χ1) is 20.3. The van der Waals surface area contributed by atoms with Gasteiger partial charge < -0.3 is 19.5 Å². The van der Waals surface area contributed by atoms with Crippen molar-refractivity contribution in [2.45, 2.75) is 46.6 Å². The van der Waals surface area contributed by atoms with E-state index >= 15 is 0 Å². The molecular formula is C34H38N4O3S. The fourth-order valence-electron chi connectivity index (χ4n) is 6.05. The molecule has 7 nitrogen and oxygen atoms in total. The Hall–Kier alpha value is -3.75. The van der Waals surface area contributed by atoms with Crippen molar-refractivity contribution in [2.24, 2.45) is 16.3 Å². The molecule has 0 spiro atoms. The summed E-state index contributed by atoms with van der Waals surface area (Å²) in [6.07, 6.45) is 6.76. The number of nitrogens with zero attached hydrogens (tertiary/aromatic N) is 3. The van der Waals surface area contributed by atoms with Crippen LogP contribution in [0.5, 0.6) is 0 Å². The van der Waals surface area contributed by atoms with Gasteiger partial charge in [0.25, 0.3) is 5.91 Å². The topological polar surface area (TPSA) is 75.9 Å². The van der Waals surface area contributed by atoms with E-state index < -0.39 is 0 Å². The summed E-state index contributed by atoms with van der Waals surface area (Å²) in [6, 6.07) is 17.7. The molecule has 2 aromatic carbocycles. The van der Waals surface area contributed by atoms with Crippen LogP contribution in [0.4, 0.5) is 10.7 Å². The van der Waals surface area contributed by atoms with Gasteiger partial charge in [-0.15, -0.1) is 11.3 Å². The van der Waals surface area contributed by atoms with E-state index in [9.17, 15) is 9.59 Å². The Bertz CT molecular complexity index is 1620. The molecule has 1 atom stereocenters. The van der Waals surface area contributed by atoms with Crippen molar-refractivity contribution < 1.29 is 14.3 Å². The molecule has 2 aliphatic rings. The van der Waals surface area contributed by atoms with E-state index in [1.54, 1.807) is 11.3 Å². The number of rotatable bonds is 6. The number of nitrogens with one attached hydrogen (secondary N) is 1. The van der Waals surface area contributed by atoms with E-state index in [-0.39, 0.29) is 23.8 Å². The lowest BCUT2D eigenvalue weighted by atomic mass is 9.72. The first kappa shape index (κ1) is 28.4. The molecule has 0 unspecified atom stereocenters. The van der Waals surface area contributed by atoms with Gasteiger partial charge in [0.1, 0.15) is 11.5 Å². The largest absolute Gasteiger partial charge is 0.378 e. The van der Waals surface area contributed by atoms with Gasteiger partial charge in [-0.05, 0) is 54.4 Å². The molecule has 1 aliphatic heterocycles. The molecule has 6 rings (SSSR count). The minimum atomic E-state index is -0.112. The van der Waals surface area contributed by atoms with Crippen molar-refractivity contribution in [1.82, 2.24) is 9.47 Å². The summed E-state index contributed by atoms with van der Waals surface area (Å²) in [5.74, 6) is 0.535. The maximum Gasteiger partial charge on any atom is 0.259 e. The Morgan fingerprint density at radius 3 is 2.57 bits per heavy atom. The third-order valence-electron chi connectivity index (χ3n) is 8.54. The molecule has 42 heavy (non-hydrogen) atoms. The van der Waals surface area contributed by atoms with Crippen molar-refractivity contribution in [1.29, 1.82) is 0 Å². The van der Waals surface area contributed by atoms with Gasteiger partial charge in [-0.2, -0.15) is 0 Å². The second-order valence-corrected chi connectivity index (χ2v) is 13.4. The number of carbonyl (C=O) groups is 2. The van der Waals surface area contributed by atoms with Crippen LogP contribution in [-0.4, -0.2) is 53.8 Å². The standard InChI is InChI=1S/C34H38N4O3S/c1-34(2,3)24-13-14-27-29(19-24)42-33(31(27)32(40)36-25-9-5-4-6-10-25)35-20-23-21-38(28-12-8-7-11-26(23)28)22-30(39)37-15-17-41-18-16-37/h4-12,20-21,24H,13-19,22H2,1-3H3,(H,36,40)/t24-/m1/s1. The normalized spacial score (nSPS) is 17.5. The minimum Gasteiger partial charge on any atom is -0.378 e. The van der Waals surface area contributed by atoms with Crippen molar-refractivity contribution in [3.05, 3.63) is 82.4 Å². The molecule has 1 saturated heterocycles. The number of hydrogen-bond donors (Lipinski definition) is 1. The lowest BCUT2D eigenvalue weighted by Crippen LogP contribution is -2.42. The highest BCUT2D eigenvalue weighted by atomic mass is 32.1. The minimum absolute atomic E-state index is 0.0849. The Morgan fingerprint density at radius 1 is 1.07 bits per heavy atom. The second kappa shape index (κ2) is 11.9. The van der Waals surface area contributed by atoms with Crippen molar-refractivity contribution >= 4 is 51.0 Å². The van der Waals surface area contributed by atoms with Gasteiger partial charge in [0.15, 0.2) is 0 Å².